The minimum atomic E-state index is -3.68. The van der Waals surface area contributed by atoms with Crippen LogP contribution in [0.3, 0.4) is 0 Å². The Morgan fingerprint density at radius 3 is 2.50 bits per heavy atom. The summed E-state index contributed by atoms with van der Waals surface area (Å²) in [5.74, 6) is 0.0907. The number of carbonyl (C=O) groups excluding carboxylic acids is 1. The number of nitrogens with zero attached hydrogens (tertiary/aromatic N) is 1. The van der Waals surface area contributed by atoms with E-state index in [9.17, 15) is 13.2 Å². The first-order valence-electron chi connectivity index (χ1n) is 7.84. The van der Waals surface area contributed by atoms with Crippen molar-refractivity contribution in [3.63, 3.8) is 0 Å². The summed E-state index contributed by atoms with van der Waals surface area (Å²) in [6.45, 7) is 1.55. The second kappa shape index (κ2) is 8.46. The van der Waals surface area contributed by atoms with Crippen molar-refractivity contribution in [2.75, 3.05) is 29.2 Å². The molecule has 0 radical (unpaired) electrons. The zero-order chi connectivity index (χ0) is 19.3. The molecule has 0 spiro atoms. The largest absolute Gasteiger partial charge is 0.497 e. The summed E-state index contributed by atoms with van der Waals surface area (Å²) in [5, 5.41) is 2.78. The van der Waals surface area contributed by atoms with Crippen LogP contribution in [0.1, 0.15) is 6.92 Å². The predicted octanol–water partition coefficient (Wildman–Crippen LogP) is 3.21. The van der Waals surface area contributed by atoms with Crippen molar-refractivity contribution in [3.05, 3.63) is 48.5 Å². The zero-order valence-corrected chi connectivity index (χ0v) is 16.7. The van der Waals surface area contributed by atoms with Crippen LogP contribution in [0.4, 0.5) is 11.4 Å². The van der Waals surface area contributed by atoms with E-state index in [0.717, 1.165) is 15.5 Å². The van der Waals surface area contributed by atoms with E-state index in [1.165, 1.54) is 7.11 Å². The summed E-state index contributed by atoms with van der Waals surface area (Å²) in [6.07, 6.45) is 3.02. The molecule has 140 valence electrons. The highest BCUT2D eigenvalue weighted by Gasteiger charge is 2.29. The molecule has 0 saturated heterocycles. The third kappa shape index (κ3) is 4.92. The quantitative estimate of drug-likeness (QED) is 0.730. The summed E-state index contributed by atoms with van der Waals surface area (Å²) in [5.41, 5.74) is 0.986. The molecule has 2 rings (SSSR count). The van der Waals surface area contributed by atoms with Gasteiger partial charge >= 0.3 is 0 Å². The van der Waals surface area contributed by atoms with Gasteiger partial charge in [-0.2, -0.15) is 0 Å². The van der Waals surface area contributed by atoms with E-state index < -0.39 is 22.0 Å². The molecule has 2 aromatic carbocycles. The van der Waals surface area contributed by atoms with Crippen LogP contribution in [0.25, 0.3) is 0 Å². The predicted molar refractivity (Wildman–Crippen MR) is 107 cm³/mol. The lowest BCUT2D eigenvalue weighted by molar-refractivity contribution is -0.116. The van der Waals surface area contributed by atoms with Crippen molar-refractivity contribution in [2.24, 2.45) is 0 Å². The molecule has 1 unspecified atom stereocenters. The van der Waals surface area contributed by atoms with Crippen LogP contribution in [0.15, 0.2) is 53.4 Å². The van der Waals surface area contributed by atoms with Crippen molar-refractivity contribution in [1.29, 1.82) is 0 Å². The molecule has 1 N–H and O–H groups in total. The molecule has 0 aliphatic carbocycles. The molecular weight excluding hydrogens is 372 g/mol. The van der Waals surface area contributed by atoms with E-state index in [0.29, 0.717) is 17.1 Å². The van der Waals surface area contributed by atoms with Gasteiger partial charge in [-0.25, -0.2) is 8.42 Å². The van der Waals surface area contributed by atoms with Gasteiger partial charge in [0.05, 0.1) is 19.1 Å². The Balaban J connectivity index is 2.31. The molecule has 0 aromatic heterocycles. The van der Waals surface area contributed by atoms with Crippen LogP contribution in [-0.2, 0) is 14.8 Å². The van der Waals surface area contributed by atoms with E-state index in [1.54, 1.807) is 49.0 Å². The lowest BCUT2D eigenvalue weighted by Gasteiger charge is -2.28. The number of nitrogens with one attached hydrogen (secondary N) is 1. The van der Waals surface area contributed by atoms with Crippen molar-refractivity contribution in [2.45, 2.75) is 17.9 Å². The smallest absolute Gasteiger partial charge is 0.247 e. The molecule has 0 aliphatic heterocycles. The van der Waals surface area contributed by atoms with Gasteiger partial charge in [0, 0.05) is 16.6 Å². The van der Waals surface area contributed by atoms with Gasteiger partial charge in [-0.15, -0.1) is 11.8 Å². The third-order valence-electron chi connectivity index (χ3n) is 3.73. The number of hydrogen-bond acceptors (Lipinski definition) is 5. The number of amides is 1. The number of sulfonamides is 1. The summed E-state index contributed by atoms with van der Waals surface area (Å²) in [7, 11) is -2.18. The van der Waals surface area contributed by atoms with Gasteiger partial charge in [0.2, 0.25) is 15.9 Å². The first kappa shape index (κ1) is 20.1. The van der Waals surface area contributed by atoms with E-state index in [1.807, 2.05) is 24.5 Å². The Kier molecular flexibility index (Phi) is 6.55. The van der Waals surface area contributed by atoms with Crippen LogP contribution in [0.5, 0.6) is 5.75 Å². The second-order valence-corrected chi connectivity index (χ2v) is 8.40. The average molecular weight is 395 g/mol. The van der Waals surface area contributed by atoms with Gasteiger partial charge < -0.3 is 10.1 Å². The lowest BCUT2D eigenvalue weighted by atomic mass is 10.2. The SMILES string of the molecule is COc1cccc(N(C(C)C(=O)Nc2cccc(SC)c2)S(C)(=O)=O)c1. The first-order chi connectivity index (χ1) is 12.3. The van der Waals surface area contributed by atoms with E-state index >= 15 is 0 Å². The van der Waals surface area contributed by atoms with Crippen molar-refractivity contribution in [3.8, 4) is 5.75 Å². The number of benzene rings is 2. The number of anilines is 2. The summed E-state index contributed by atoms with van der Waals surface area (Å²) in [4.78, 5) is 13.7. The van der Waals surface area contributed by atoms with Crippen molar-refractivity contribution >= 4 is 39.1 Å². The summed E-state index contributed by atoms with van der Waals surface area (Å²) >= 11 is 1.56. The van der Waals surface area contributed by atoms with E-state index in [4.69, 9.17) is 4.74 Å². The maximum Gasteiger partial charge on any atom is 0.247 e. The number of hydrogen-bond donors (Lipinski definition) is 1. The first-order valence-corrected chi connectivity index (χ1v) is 10.9. The van der Waals surface area contributed by atoms with Crippen LogP contribution >= 0.6 is 11.8 Å². The molecule has 0 saturated carbocycles. The molecule has 0 fully saturated rings. The number of thioether (sulfide) groups is 1. The molecule has 2 aromatic rings. The highest BCUT2D eigenvalue weighted by molar-refractivity contribution is 7.98. The Labute approximate surface area is 158 Å². The van der Waals surface area contributed by atoms with Crippen LogP contribution in [-0.4, -0.2) is 40.0 Å². The number of methoxy groups -OCH3 is 1. The minimum Gasteiger partial charge on any atom is -0.497 e. The number of carbonyl (C=O) groups is 1. The van der Waals surface area contributed by atoms with Crippen LogP contribution in [0.2, 0.25) is 0 Å². The Hall–Kier alpha value is -2.19. The van der Waals surface area contributed by atoms with Gasteiger partial charge in [0.1, 0.15) is 11.8 Å². The van der Waals surface area contributed by atoms with Crippen LogP contribution < -0.4 is 14.4 Å². The highest BCUT2D eigenvalue weighted by Crippen LogP contribution is 2.26. The third-order valence-corrected chi connectivity index (χ3v) is 5.70. The second-order valence-electron chi connectivity index (χ2n) is 5.66. The van der Waals surface area contributed by atoms with Gasteiger partial charge in [-0.05, 0) is 43.5 Å². The standard InChI is InChI=1S/C18H22N2O4S2/c1-13(18(21)19-14-7-5-10-17(11-14)25-3)20(26(4,22)23)15-8-6-9-16(12-15)24-2/h5-13H,1-4H3,(H,19,21). The van der Waals surface area contributed by atoms with Crippen molar-refractivity contribution in [1.82, 2.24) is 0 Å². The van der Waals surface area contributed by atoms with Gasteiger partial charge in [-0.3, -0.25) is 9.10 Å². The fourth-order valence-corrected chi connectivity index (χ4v) is 4.13. The Morgan fingerprint density at radius 1 is 1.19 bits per heavy atom. The molecule has 26 heavy (non-hydrogen) atoms. The molecule has 0 bridgehead atoms. The van der Waals surface area contributed by atoms with E-state index in [-0.39, 0.29) is 0 Å². The molecule has 6 nitrogen and oxygen atoms in total. The number of ether oxygens (including phenoxy) is 1. The molecule has 0 aliphatic rings. The average Bonchev–Trinajstić information content (AvgIpc) is 2.61. The monoisotopic (exact) mass is 394 g/mol. The molecule has 8 heteroatoms. The topological polar surface area (TPSA) is 75.7 Å². The maximum atomic E-state index is 12.7. The fraction of sp³-hybridized carbons (Fsp3) is 0.278. The molecule has 0 heterocycles. The van der Waals surface area contributed by atoms with Gasteiger partial charge in [0.15, 0.2) is 0 Å². The minimum absolute atomic E-state index is 0.368. The zero-order valence-electron chi connectivity index (χ0n) is 15.1. The summed E-state index contributed by atoms with van der Waals surface area (Å²) < 4.78 is 30.9. The molecular formula is C18H22N2O4S2. The number of rotatable bonds is 7. The summed E-state index contributed by atoms with van der Waals surface area (Å²) in [6, 6.07) is 13.0. The van der Waals surface area contributed by atoms with Crippen LogP contribution in [0, 0.1) is 0 Å². The highest BCUT2D eigenvalue weighted by atomic mass is 32.2. The van der Waals surface area contributed by atoms with E-state index in [2.05, 4.69) is 5.32 Å². The lowest BCUT2D eigenvalue weighted by Crippen LogP contribution is -2.45. The Morgan fingerprint density at radius 2 is 1.88 bits per heavy atom. The van der Waals surface area contributed by atoms with Gasteiger partial charge in [0.25, 0.3) is 0 Å². The molecule has 1 atom stereocenters. The molecule has 1 amide bonds. The van der Waals surface area contributed by atoms with Gasteiger partial charge in [-0.1, -0.05) is 12.1 Å². The Bertz CT molecular complexity index is 884. The maximum absolute atomic E-state index is 12.7. The fourth-order valence-electron chi connectivity index (χ4n) is 2.50. The van der Waals surface area contributed by atoms with Crippen molar-refractivity contribution < 1.29 is 17.9 Å². The normalized spacial score (nSPS) is 12.3.